The molecular weight excluding hydrogens is 283 g/mol. The molecule has 5 heteroatoms. The van der Waals surface area contributed by atoms with Gasteiger partial charge in [-0.2, -0.15) is 0 Å². The molecule has 3 rings (SSSR count). The molecule has 2 atom stereocenters. The summed E-state index contributed by atoms with van der Waals surface area (Å²) in [6, 6.07) is 4.36. The van der Waals surface area contributed by atoms with Gasteiger partial charge in [-0.25, -0.2) is 4.39 Å². The number of fused-ring (bicyclic) bond motifs is 1. The molecule has 1 N–H and O–H groups in total. The quantitative estimate of drug-likeness (QED) is 0.933. The Morgan fingerprint density at radius 3 is 3.18 bits per heavy atom. The summed E-state index contributed by atoms with van der Waals surface area (Å²) in [7, 11) is 0. The second kappa shape index (κ2) is 6.65. The van der Waals surface area contributed by atoms with Crippen LogP contribution in [0.3, 0.4) is 0 Å². The molecule has 0 radical (unpaired) electrons. The van der Waals surface area contributed by atoms with Crippen LogP contribution in [0.25, 0.3) is 0 Å². The summed E-state index contributed by atoms with van der Waals surface area (Å²) in [6.45, 7) is 5.19. The van der Waals surface area contributed by atoms with Crippen molar-refractivity contribution in [3.63, 3.8) is 0 Å². The zero-order chi connectivity index (χ0) is 15.5. The van der Waals surface area contributed by atoms with E-state index in [1.807, 2.05) is 0 Å². The molecule has 2 aliphatic heterocycles. The molecule has 4 nitrogen and oxygen atoms in total. The van der Waals surface area contributed by atoms with Crippen molar-refractivity contribution in [3.8, 4) is 5.75 Å². The van der Waals surface area contributed by atoms with Gasteiger partial charge in [-0.05, 0) is 49.9 Å². The van der Waals surface area contributed by atoms with Crippen LogP contribution in [-0.4, -0.2) is 32.1 Å². The normalized spacial score (nSPS) is 22.6. The Balaban J connectivity index is 1.68. The van der Waals surface area contributed by atoms with Gasteiger partial charge in [0.25, 0.3) is 0 Å². The highest BCUT2D eigenvalue weighted by atomic mass is 19.1. The Labute approximate surface area is 130 Å². The third-order valence-electron chi connectivity index (χ3n) is 4.72. The van der Waals surface area contributed by atoms with E-state index in [1.54, 1.807) is 11.0 Å². The number of amides is 1. The molecule has 22 heavy (non-hydrogen) atoms. The molecule has 0 spiro atoms. The summed E-state index contributed by atoms with van der Waals surface area (Å²) in [6.07, 6.45) is 2.90. The van der Waals surface area contributed by atoms with Gasteiger partial charge in [-0.1, -0.05) is 6.92 Å². The number of halogens is 1. The third kappa shape index (κ3) is 3.24. The molecule has 0 bridgehead atoms. The number of carbonyl (C=O) groups excluding carboxylic acids is 1. The maximum atomic E-state index is 13.3. The lowest BCUT2D eigenvalue weighted by Gasteiger charge is -2.32. The summed E-state index contributed by atoms with van der Waals surface area (Å²) in [5.41, 5.74) is 0.687. The first-order chi connectivity index (χ1) is 10.6. The van der Waals surface area contributed by atoms with Gasteiger partial charge in [0.1, 0.15) is 18.2 Å². The number of piperidine rings is 1. The lowest BCUT2D eigenvalue weighted by molar-refractivity contribution is -0.120. The summed E-state index contributed by atoms with van der Waals surface area (Å²) in [4.78, 5) is 14.4. The molecule has 0 saturated carbocycles. The summed E-state index contributed by atoms with van der Waals surface area (Å²) >= 11 is 0. The highest BCUT2D eigenvalue weighted by Gasteiger charge is 2.28. The first-order valence-electron chi connectivity index (χ1n) is 8.08. The molecule has 0 aliphatic carbocycles. The number of rotatable bonds is 3. The van der Waals surface area contributed by atoms with E-state index in [2.05, 4.69) is 12.2 Å². The molecule has 1 saturated heterocycles. The topological polar surface area (TPSA) is 41.6 Å². The molecule has 1 aromatic carbocycles. The van der Waals surface area contributed by atoms with Crippen molar-refractivity contribution >= 4 is 11.6 Å². The predicted molar refractivity (Wildman–Crippen MR) is 83.6 cm³/mol. The van der Waals surface area contributed by atoms with Crippen LogP contribution in [0, 0.1) is 17.7 Å². The van der Waals surface area contributed by atoms with E-state index >= 15 is 0 Å². The van der Waals surface area contributed by atoms with Crippen molar-refractivity contribution < 1.29 is 13.9 Å². The first-order valence-corrected chi connectivity index (χ1v) is 8.08. The van der Waals surface area contributed by atoms with E-state index in [9.17, 15) is 9.18 Å². The molecule has 2 unspecified atom stereocenters. The number of benzene rings is 1. The fraction of sp³-hybridized carbons (Fsp3) is 0.588. The van der Waals surface area contributed by atoms with Crippen molar-refractivity contribution in [1.29, 1.82) is 0 Å². The predicted octanol–water partition coefficient (Wildman–Crippen LogP) is 2.58. The Bertz CT molecular complexity index is 543. The summed E-state index contributed by atoms with van der Waals surface area (Å²) in [5.74, 6) is 1.15. The average molecular weight is 306 g/mol. The minimum atomic E-state index is -0.338. The van der Waals surface area contributed by atoms with Crippen LogP contribution in [0.1, 0.15) is 26.2 Å². The number of nitrogens with zero attached hydrogens (tertiary/aromatic N) is 1. The minimum absolute atomic E-state index is 0.106. The standard InChI is InChI=1S/C17H23FN2O2/c1-12(13-3-2-6-19-11-13)9-17(21)20-7-8-22-16-10-14(18)4-5-15(16)20/h4-5,10,12-13,19H,2-3,6-9,11H2,1H3. The van der Waals surface area contributed by atoms with Crippen molar-refractivity contribution in [2.24, 2.45) is 11.8 Å². The van der Waals surface area contributed by atoms with Crippen molar-refractivity contribution in [2.45, 2.75) is 26.2 Å². The van der Waals surface area contributed by atoms with E-state index in [4.69, 9.17) is 4.74 Å². The van der Waals surface area contributed by atoms with E-state index < -0.39 is 0 Å². The number of hydrogen-bond acceptors (Lipinski definition) is 3. The van der Waals surface area contributed by atoms with Crippen LogP contribution in [0.15, 0.2) is 18.2 Å². The fourth-order valence-electron chi connectivity index (χ4n) is 3.37. The molecule has 1 amide bonds. The van der Waals surface area contributed by atoms with Crippen LogP contribution in [-0.2, 0) is 4.79 Å². The number of hydrogen-bond donors (Lipinski definition) is 1. The lowest BCUT2D eigenvalue weighted by atomic mass is 9.85. The maximum Gasteiger partial charge on any atom is 0.227 e. The average Bonchev–Trinajstić information content (AvgIpc) is 2.54. The lowest BCUT2D eigenvalue weighted by Crippen LogP contribution is -2.40. The molecule has 2 aliphatic rings. The molecule has 2 heterocycles. The zero-order valence-electron chi connectivity index (χ0n) is 13.0. The van der Waals surface area contributed by atoms with Crippen LogP contribution in [0.5, 0.6) is 5.75 Å². The first kappa shape index (κ1) is 15.3. The largest absolute Gasteiger partial charge is 0.489 e. The second-order valence-corrected chi connectivity index (χ2v) is 6.29. The summed E-state index contributed by atoms with van der Waals surface area (Å²) in [5, 5.41) is 3.40. The van der Waals surface area contributed by atoms with Gasteiger partial charge in [-0.15, -0.1) is 0 Å². The molecule has 1 aromatic rings. The number of anilines is 1. The Morgan fingerprint density at radius 1 is 1.55 bits per heavy atom. The van der Waals surface area contributed by atoms with Crippen molar-refractivity contribution in [2.75, 3.05) is 31.1 Å². The van der Waals surface area contributed by atoms with Gasteiger partial charge in [0.05, 0.1) is 12.2 Å². The van der Waals surface area contributed by atoms with Gasteiger partial charge in [0, 0.05) is 12.5 Å². The fourth-order valence-corrected chi connectivity index (χ4v) is 3.37. The molecule has 120 valence electrons. The SMILES string of the molecule is CC(CC(=O)N1CCOc2cc(F)ccc21)C1CCCNC1. The smallest absolute Gasteiger partial charge is 0.227 e. The van der Waals surface area contributed by atoms with Gasteiger partial charge in [0.15, 0.2) is 0 Å². The van der Waals surface area contributed by atoms with Crippen LogP contribution in [0.4, 0.5) is 10.1 Å². The van der Waals surface area contributed by atoms with Gasteiger partial charge in [0.2, 0.25) is 5.91 Å². The van der Waals surface area contributed by atoms with Crippen molar-refractivity contribution in [3.05, 3.63) is 24.0 Å². The van der Waals surface area contributed by atoms with Gasteiger partial charge < -0.3 is 15.0 Å². The van der Waals surface area contributed by atoms with Crippen LogP contribution >= 0.6 is 0 Å². The highest BCUT2D eigenvalue weighted by molar-refractivity contribution is 5.95. The Hall–Kier alpha value is -1.62. The molecule has 1 fully saturated rings. The van der Waals surface area contributed by atoms with Crippen LogP contribution < -0.4 is 15.0 Å². The second-order valence-electron chi connectivity index (χ2n) is 6.29. The summed E-state index contributed by atoms with van der Waals surface area (Å²) < 4.78 is 18.7. The zero-order valence-corrected chi connectivity index (χ0v) is 13.0. The molecule has 0 aromatic heterocycles. The van der Waals surface area contributed by atoms with Gasteiger partial charge >= 0.3 is 0 Å². The maximum absolute atomic E-state index is 13.3. The minimum Gasteiger partial charge on any atom is -0.489 e. The number of ether oxygens (including phenoxy) is 1. The van der Waals surface area contributed by atoms with E-state index in [1.165, 1.54) is 25.0 Å². The third-order valence-corrected chi connectivity index (χ3v) is 4.72. The van der Waals surface area contributed by atoms with Crippen LogP contribution in [0.2, 0.25) is 0 Å². The number of nitrogens with one attached hydrogen (secondary N) is 1. The highest BCUT2D eigenvalue weighted by Crippen LogP contribution is 2.33. The van der Waals surface area contributed by atoms with Gasteiger partial charge in [-0.3, -0.25) is 4.79 Å². The van der Waals surface area contributed by atoms with E-state index in [-0.39, 0.29) is 11.7 Å². The van der Waals surface area contributed by atoms with E-state index in [0.29, 0.717) is 42.8 Å². The Kier molecular flexibility index (Phi) is 4.62. The monoisotopic (exact) mass is 306 g/mol. The van der Waals surface area contributed by atoms with Crippen molar-refractivity contribution in [1.82, 2.24) is 5.32 Å². The van der Waals surface area contributed by atoms with E-state index in [0.717, 1.165) is 13.1 Å². The Morgan fingerprint density at radius 2 is 2.41 bits per heavy atom. The molecular formula is C17H23FN2O2. The number of carbonyl (C=O) groups is 1.